The SMILES string of the molecule is CC1Nc2cc(Cl)ccc2NC(=O)C1NC(=O)OC(C)(C)C. The summed E-state index contributed by atoms with van der Waals surface area (Å²) in [6.07, 6.45) is -0.634. The second-order valence-electron chi connectivity index (χ2n) is 6.24. The van der Waals surface area contributed by atoms with Gasteiger partial charge in [0, 0.05) is 5.02 Å². The van der Waals surface area contributed by atoms with Crippen LogP contribution in [0.15, 0.2) is 18.2 Å². The molecule has 0 bridgehead atoms. The van der Waals surface area contributed by atoms with Crippen LogP contribution in [-0.4, -0.2) is 29.7 Å². The summed E-state index contributed by atoms with van der Waals surface area (Å²) >= 11 is 5.96. The zero-order chi connectivity index (χ0) is 16.5. The third-order valence-corrected chi connectivity index (χ3v) is 3.31. The minimum Gasteiger partial charge on any atom is -0.444 e. The molecule has 2 atom stereocenters. The minimum absolute atomic E-state index is 0.313. The highest BCUT2D eigenvalue weighted by Gasteiger charge is 2.32. The molecule has 22 heavy (non-hydrogen) atoms. The van der Waals surface area contributed by atoms with Crippen molar-refractivity contribution in [2.75, 3.05) is 10.6 Å². The third-order valence-electron chi connectivity index (χ3n) is 3.08. The number of benzene rings is 1. The highest BCUT2D eigenvalue weighted by Crippen LogP contribution is 2.29. The van der Waals surface area contributed by atoms with Crippen molar-refractivity contribution in [3.63, 3.8) is 0 Å². The molecule has 0 aromatic heterocycles. The Labute approximate surface area is 134 Å². The van der Waals surface area contributed by atoms with Crippen molar-refractivity contribution in [1.29, 1.82) is 0 Å². The van der Waals surface area contributed by atoms with E-state index in [1.54, 1.807) is 45.9 Å². The molecular formula is C15H20ClN3O3. The van der Waals surface area contributed by atoms with Crippen molar-refractivity contribution < 1.29 is 14.3 Å². The molecule has 0 fully saturated rings. The molecule has 6 nitrogen and oxygen atoms in total. The number of halogens is 1. The summed E-state index contributed by atoms with van der Waals surface area (Å²) < 4.78 is 5.20. The van der Waals surface area contributed by atoms with Gasteiger partial charge in [0.25, 0.3) is 0 Å². The van der Waals surface area contributed by atoms with Crippen LogP contribution in [0.5, 0.6) is 0 Å². The molecule has 0 radical (unpaired) electrons. The number of carbonyl (C=O) groups is 2. The first-order valence-corrected chi connectivity index (χ1v) is 7.40. The van der Waals surface area contributed by atoms with Crippen LogP contribution in [0.1, 0.15) is 27.7 Å². The average Bonchev–Trinajstić information content (AvgIpc) is 2.46. The molecule has 0 saturated carbocycles. The molecule has 7 heteroatoms. The summed E-state index contributed by atoms with van der Waals surface area (Å²) in [5.41, 5.74) is 0.704. The molecule has 2 amide bonds. The number of rotatable bonds is 1. The van der Waals surface area contributed by atoms with Crippen molar-refractivity contribution in [3.8, 4) is 0 Å². The number of carbonyl (C=O) groups excluding carboxylic acids is 2. The van der Waals surface area contributed by atoms with E-state index in [9.17, 15) is 9.59 Å². The van der Waals surface area contributed by atoms with Crippen LogP contribution >= 0.6 is 11.6 Å². The lowest BCUT2D eigenvalue weighted by molar-refractivity contribution is -0.118. The Bertz CT molecular complexity index is 598. The topological polar surface area (TPSA) is 79.5 Å². The monoisotopic (exact) mass is 325 g/mol. The van der Waals surface area contributed by atoms with E-state index in [2.05, 4.69) is 16.0 Å². The molecule has 1 heterocycles. The molecule has 2 rings (SSSR count). The quantitative estimate of drug-likeness (QED) is 0.741. The fourth-order valence-electron chi connectivity index (χ4n) is 2.14. The highest BCUT2D eigenvalue weighted by molar-refractivity contribution is 6.31. The number of fused-ring (bicyclic) bond motifs is 1. The number of hydrogen-bond donors (Lipinski definition) is 3. The Kier molecular flexibility index (Phi) is 4.51. The van der Waals surface area contributed by atoms with Gasteiger partial charge in [-0.2, -0.15) is 0 Å². The first kappa shape index (κ1) is 16.4. The van der Waals surface area contributed by atoms with Gasteiger partial charge < -0.3 is 20.7 Å². The van der Waals surface area contributed by atoms with Crippen LogP contribution in [-0.2, 0) is 9.53 Å². The van der Waals surface area contributed by atoms with E-state index in [-0.39, 0.29) is 11.9 Å². The van der Waals surface area contributed by atoms with E-state index < -0.39 is 17.7 Å². The minimum atomic E-state index is -0.763. The second kappa shape index (κ2) is 6.04. The fourth-order valence-corrected chi connectivity index (χ4v) is 2.31. The van der Waals surface area contributed by atoms with Gasteiger partial charge >= 0.3 is 6.09 Å². The van der Waals surface area contributed by atoms with Gasteiger partial charge in [-0.25, -0.2) is 4.79 Å². The van der Waals surface area contributed by atoms with Crippen LogP contribution < -0.4 is 16.0 Å². The van der Waals surface area contributed by atoms with Crippen molar-refractivity contribution in [1.82, 2.24) is 5.32 Å². The van der Waals surface area contributed by atoms with Gasteiger partial charge in [0.2, 0.25) is 5.91 Å². The summed E-state index contributed by atoms with van der Waals surface area (Å²) in [4.78, 5) is 24.2. The molecule has 0 spiro atoms. The van der Waals surface area contributed by atoms with Gasteiger partial charge in [0.15, 0.2) is 0 Å². The van der Waals surface area contributed by atoms with E-state index in [4.69, 9.17) is 16.3 Å². The van der Waals surface area contributed by atoms with Crippen LogP contribution in [0.25, 0.3) is 0 Å². The smallest absolute Gasteiger partial charge is 0.408 e. The van der Waals surface area contributed by atoms with Crippen molar-refractivity contribution >= 4 is 35.0 Å². The largest absolute Gasteiger partial charge is 0.444 e. The van der Waals surface area contributed by atoms with Gasteiger partial charge in [-0.1, -0.05) is 11.6 Å². The second-order valence-corrected chi connectivity index (χ2v) is 6.67. The Hall–Kier alpha value is -1.95. The zero-order valence-electron chi connectivity index (χ0n) is 13.0. The normalized spacial score (nSPS) is 21.0. The molecule has 2 unspecified atom stereocenters. The summed E-state index contributed by atoms with van der Waals surface area (Å²) in [6.45, 7) is 7.09. The van der Waals surface area contributed by atoms with Crippen LogP contribution in [0.2, 0.25) is 5.02 Å². The predicted molar refractivity (Wildman–Crippen MR) is 86.3 cm³/mol. The maximum atomic E-state index is 12.3. The fraction of sp³-hybridized carbons (Fsp3) is 0.467. The van der Waals surface area contributed by atoms with E-state index in [0.29, 0.717) is 16.4 Å². The Balaban J connectivity index is 2.15. The van der Waals surface area contributed by atoms with Crippen LogP contribution in [0.4, 0.5) is 16.2 Å². The molecule has 0 saturated heterocycles. The lowest BCUT2D eigenvalue weighted by Gasteiger charge is -2.25. The summed E-state index contributed by atoms with van der Waals surface area (Å²) in [7, 11) is 0. The van der Waals surface area contributed by atoms with E-state index in [1.807, 2.05) is 0 Å². The van der Waals surface area contributed by atoms with E-state index in [0.717, 1.165) is 0 Å². The molecule has 1 aromatic carbocycles. The highest BCUT2D eigenvalue weighted by atomic mass is 35.5. The first-order valence-electron chi connectivity index (χ1n) is 7.02. The van der Waals surface area contributed by atoms with Crippen LogP contribution in [0.3, 0.4) is 0 Å². The summed E-state index contributed by atoms with van der Waals surface area (Å²) in [5, 5.41) is 9.10. The Morgan fingerprint density at radius 1 is 1.32 bits per heavy atom. The Morgan fingerprint density at radius 3 is 2.64 bits per heavy atom. The molecular weight excluding hydrogens is 306 g/mol. The predicted octanol–water partition coefficient (Wildman–Crippen LogP) is 2.99. The molecule has 1 aliphatic rings. The first-order chi connectivity index (χ1) is 10.2. The molecule has 1 aromatic rings. The van der Waals surface area contributed by atoms with Crippen LogP contribution in [0, 0.1) is 0 Å². The molecule has 0 aliphatic carbocycles. The average molecular weight is 326 g/mol. The van der Waals surface area contributed by atoms with Gasteiger partial charge in [0.05, 0.1) is 17.4 Å². The summed E-state index contributed by atoms with van der Waals surface area (Å²) in [5.74, 6) is -0.313. The van der Waals surface area contributed by atoms with E-state index in [1.165, 1.54) is 0 Å². The Morgan fingerprint density at radius 2 is 2.00 bits per heavy atom. The summed E-state index contributed by atoms with van der Waals surface area (Å²) in [6, 6.07) is 4.04. The van der Waals surface area contributed by atoms with Gasteiger partial charge in [0.1, 0.15) is 11.6 Å². The van der Waals surface area contributed by atoms with Crippen molar-refractivity contribution in [2.45, 2.75) is 45.4 Å². The lowest BCUT2D eigenvalue weighted by Crippen LogP contribution is -2.52. The molecule has 3 N–H and O–H groups in total. The van der Waals surface area contributed by atoms with Crippen molar-refractivity contribution in [3.05, 3.63) is 23.2 Å². The van der Waals surface area contributed by atoms with Gasteiger partial charge in [-0.05, 0) is 45.9 Å². The molecule has 1 aliphatic heterocycles. The zero-order valence-corrected chi connectivity index (χ0v) is 13.7. The number of nitrogens with one attached hydrogen (secondary N) is 3. The van der Waals surface area contributed by atoms with Crippen molar-refractivity contribution in [2.24, 2.45) is 0 Å². The maximum Gasteiger partial charge on any atom is 0.408 e. The van der Waals surface area contributed by atoms with Gasteiger partial charge in [-0.3, -0.25) is 4.79 Å². The maximum absolute atomic E-state index is 12.3. The number of ether oxygens (including phenoxy) is 1. The number of amides is 2. The number of hydrogen-bond acceptors (Lipinski definition) is 4. The standard InChI is InChI=1S/C15H20ClN3O3/c1-8-12(19-14(21)22-15(2,3)4)13(20)18-10-6-5-9(16)7-11(10)17-8/h5-8,12,17H,1-4H3,(H,18,20)(H,19,21). The lowest BCUT2D eigenvalue weighted by atomic mass is 10.1. The number of alkyl carbamates (subject to hydrolysis) is 1. The van der Waals surface area contributed by atoms with E-state index >= 15 is 0 Å². The third kappa shape index (κ3) is 4.04. The number of anilines is 2. The molecule has 120 valence electrons. The van der Waals surface area contributed by atoms with Gasteiger partial charge in [-0.15, -0.1) is 0 Å².